The summed E-state index contributed by atoms with van der Waals surface area (Å²) >= 11 is 0. The first-order chi connectivity index (χ1) is 29.8. The van der Waals surface area contributed by atoms with Crippen molar-refractivity contribution >= 4 is 49.4 Å². The predicted octanol–water partition coefficient (Wildman–Crippen LogP) is 15.9. The summed E-state index contributed by atoms with van der Waals surface area (Å²) in [6.07, 6.45) is 15.5. The second kappa shape index (κ2) is 19.4. The summed E-state index contributed by atoms with van der Waals surface area (Å²) in [6.45, 7) is 24.8. The zero-order valence-corrected chi connectivity index (χ0v) is 39.5. The minimum Gasteiger partial charge on any atom is -0.253 e. The molecule has 3 heterocycles. The summed E-state index contributed by atoms with van der Waals surface area (Å²) < 4.78 is 0. The molecule has 0 fully saturated rings. The van der Waals surface area contributed by atoms with Gasteiger partial charge >= 0.3 is 0 Å². The second-order valence-corrected chi connectivity index (χ2v) is 17.1. The Labute approximate surface area is 367 Å². The third kappa shape index (κ3) is 8.15. The highest BCUT2D eigenvalue weighted by Crippen LogP contribution is 2.44. The number of allylic oxidation sites excluding steroid dienone is 6. The van der Waals surface area contributed by atoms with E-state index in [1.807, 2.05) is 0 Å². The Balaban J connectivity index is 0.000000138. The van der Waals surface area contributed by atoms with E-state index in [0.717, 1.165) is 95.4 Å². The summed E-state index contributed by atoms with van der Waals surface area (Å²) in [5.74, 6) is 0. The lowest BCUT2D eigenvalue weighted by Gasteiger charge is -2.13. The fourth-order valence-corrected chi connectivity index (χ4v) is 10.8. The highest BCUT2D eigenvalue weighted by Gasteiger charge is 2.27. The van der Waals surface area contributed by atoms with Crippen LogP contribution in [0.2, 0.25) is 0 Å². The van der Waals surface area contributed by atoms with Gasteiger partial charge in [-0.05, 0) is 175 Å². The second-order valence-electron chi connectivity index (χ2n) is 17.1. The molecule has 61 heavy (non-hydrogen) atoms. The molecule has 3 nitrogen and oxygen atoms in total. The first-order valence-electron chi connectivity index (χ1n) is 24.2. The van der Waals surface area contributed by atoms with Crippen molar-refractivity contribution in [3.8, 4) is 0 Å². The van der Waals surface area contributed by atoms with Crippen molar-refractivity contribution in [2.45, 2.75) is 166 Å². The van der Waals surface area contributed by atoms with Gasteiger partial charge in [0.1, 0.15) is 0 Å². The number of benzene rings is 3. The highest BCUT2D eigenvalue weighted by molar-refractivity contribution is 5.99. The van der Waals surface area contributed by atoms with Crippen molar-refractivity contribution in [2.24, 2.45) is 0 Å². The zero-order chi connectivity index (χ0) is 43.4. The van der Waals surface area contributed by atoms with Crippen molar-refractivity contribution in [3.05, 3.63) is 139 Å². The molecule has 318 valence electrons. The SMILES string of the molecule is CCC1=C(CC)c2c(c(CC)nc3cc(CC)ccc23)C1.CCC1=C(CC)c2c(c(CC)nc3ccc(CC)cc23)C1.CCC1=C(CC)c2c(c(CC)nc3ccccc23)C1. The van der Waals surface area contributed by atoms with Crippen molar-refractivity contribution < 1.29 is 0 Å². The van der Waals surface area contributed by atoms with Crippen LogP contribution >= 0.6 is 0 Å². The number of aromatic nitrogens is 3. The fourth-order valence-electron chi connectivity index (χ4n) is 10.8. The van der Waals surface area contributed by atoms with Crippen molar-refractivity contribution in [1.82, 2.24) is 15.0 Å². The molecule has 0 spiro atoms. The lowest BCUT2D eigenvalue weighted by molar-refractivity contribution is 0.969. The van der Waals surface area contributed by atoms with E-state index in [2.05, 4.69) is 137 Å². The molecule has 0 saturated carbocycles. The van der Waals surface area contributed by atoms with E-state index in [1.54, 1.807) is 33.4 Å². The van der Waals surface area contributed by atoms with E-state index in [-0.39, 0.29) is 0 Å². The van der Waals surface area contributed by atoms with E-state index in [4.69, 9.17) is 15.0 Å². The van der Waals surface area contributed by atoms with Crippen LogP contribution in [0.15, 0.2) is 77.4 Å². The molecule has 0 unspecified atom stereocenters. The van der Waals surface area contributed by atoms with Crippen LogP contribution in [-0.2, 0) is 51.4 Å². The number of para-hydroxylation sites is 1. The molecular weight excluding hydrogens is 739 g/mol. The smallest absolute Gasteiger partial charge is 0.0714 e. The Morgan fingerprint density at radius 2 is 0.738 bits per heavy atom. The molecule has 0 atom stereocenters. The normalized spacial score (nSPS) is 14.1. The van der Waals surface area contributed by atoms with Crippen LogP contribution in [0.4, 0.5) is 0 Å². The molecule has 0 N–H and O–H groups in total. The van der Waals surface area contributed by atoms with Gasteiger partial charge in [0.15, 0.2) is 0 Å². The van der Waals surface area contributed by atoms with Crippen molar-refractivity contribution in [2.75, 3.05) is 0 Å². The van der Waals surface area contributed by atoms with Crippen LogP contribution in [0, 0.1) is 0 Å². The average molecular weight is 810 g/mol. The van der Waals surface area contributed by atoms with Crippen LogP contribution in [0.1, 0.15) is 176 Å². The maximum Gasteiger partial charge on any atom is 0.0714 e. The molecule has 3 aromatic carbocycles. The van der Waals surface area contributed by atoms with Gasteiger partial charge in [0.25, 0.3) is 0 Å². The Bertz CT molecular complexity index is 2700. The molecule has 3 aliphatic rings. The minimum atomic E-state index is 1.03. The fraction of sp³-hybridized carbons (Fsp3) is 0.431. The first kappa shape index (κ1) is 44.2. The van der Waals surface area contributed by atoms with Crippen molar-refractivity contribution in [1.29, 1.82) is 0 Å². The number of nitrogens with zero attached hydrogens (tertiary/aromatic N) is 3. The van der Waals surface area contributed by atoms with Gasteiger partial charge in [-0.1, -0.05) is 129 Å². The molecule has 6 aromatic rings. The first-order valence-corrected chi connectivity index (χ1v) is 24.2. The Hall–Kier alpha value is -4.89. The maximum absolute atomic E-state index is 4.98. The Morgan fingerprint density at radius 1 is 0.344 bits per heavy atom. The van der Waals surface area contributed by atoms with Crippen LogP contribution in [0.25, 0.3) is 49.4 Å². The van der Waals surface area contributed by atoms with E-state index < -0.39 is 0 Å². The van der Waals surface area contributed by atoms with Gasteiger partial charge in [-0.15, -0.1) is 0 Å². The molecule has 0 bridgehead atoms. The average Bonchev–Trinajstić information content (AvgIpc) is 4.02. The largest absolute Gasteiger partial charge is 0.253 e. The third-order valence-corrected chi connectivity index (χ3v) is 14.1. The lowest BCUT2D eigenvalue weighted by atomic mass is 9.95. The number of rotatable bonds is 11. The molecular formula is C58H71N3. The summed E-state index contributed by atoms with van der Waals surface area (Å²) in [5.41, 5.74) is 28.9. The van der Waals surface area contributed by atoms with Gasteiger partial charge in [0.05, 0.1) is 16.6 Å². The number of hydrogen-bond acceptors (Lipinski definition) is 3. The van der Waals surface area contributed by atoms with E-state index in [1.165, 1.54) is 88.8 Å². The molecule has 0 saturated heterocycles. The van der Waals surface area contributed by atoms with Crippen LogP contribution in [0.5, 0.6) is 0 Å². The van der Waals surface area contributed by atoms with Gasteiger partial charge < -0.3 is 0 Å². The molecule has 0 amide bonds. The summed E-state index contributed by atoms with van der Waals surface area (Å²) in [5, 5.41) is 4.08. The van der Waals surface area contributed by atoms with Gasteiger partial charge in [-0.3, -0.25) is 15.0 Å². The molecule has 3 aromatic heterocycles. The summed E-state index contributed by atoms with van der Waals surface area (Å²) in [4.78, 5) is 14.8. The molecule has 0 aliphatic heterocycles. The minimum absolute atomic E-state index is 1.03. The van der Waals surface area contributed by atoms with Gasteiger partial charge in [0.2, 0.25) is 0 Å². The van der Waals surface area contributed by atoms with Gasteiger partial charge in [-0.25, -0.2) is 0 Å². The standard InChI is InChI=1S/2C20H25N.C18H21N/c1-5-13-9-10-19-16(11-13)20-15(7-3)14(6-2)12-17(20)18(8-4)21-19;1-5-13-9-10-16-19(11-13)21-18(8-4)17-12-14(6-2)15(7-3)20(16)17;1-4-12-11-15-16(6-3)19-17-10-8-7-9-14(17)18(15)13(12)5-2/h2*9-11H,5-8,12H2,1-4H3;7-10H,4-6,11H2,1-3H3. The maximum atomic E-state index is 4.98. The predicted molar refractivity (Wildman–Crippen MR) is 266 cm³/mol. The number of pyridine rings is 3. The summed E-state index contributed by atoms with van der Waals surface area (Å²) in [6, 6.07) is 22.3. The molecule has 3 aliphatic carbocycles. The van der Waals surface area contributed by atoms with E-state index in [9.17, 15) is 0 Å². The topological polar surface area (TPSA) is 38.7 Å². The quantitative estimate of drug-likeness (QED) is 0.131. The highest BCUT2D eigenvalue weighted by atomic mass is 14.7. The van der Waals surface area contributed by atoms with Crippen LogP contribution in [-0.4, -0.2) is 15.0 Å². The number of fused-ring (bicyclic) bond motifs is 9. The third-order valence-electron chi connectivity index (χ3n) is 14.1. The van der Waals surface area contributed by atoms with E-state index in [0.29, 0.717) is 0 Å². The van der Waals surface area contributed by atoms with Crippen LogP contribution < -0.4 is 0 Å². The molecule has 3 heteroatoms. The van der Waals surface area contributed by atoms with E-state index >= 15 is 0 Å². The number of hydrogen-bond donors (Lipinski definition) is 0. The monoisotopic (exact) mass is 810 g/mol. The van der Waals surface area contributed by atoms with Gasteiger partial charge in [0, 0.05) is 33.2 Å². The Kier molecular flexibility index (Phi) is 14.1. The number of aryl methyl sites for hydroxylation is 5. The van der Waals surface area contributed by atoms with Crippen LogP contribution in [0.3, 0.4) is 0 Å². The lowest BCUT2D eigenvalue weighted by Crippen LogP contribution is -2.00. The summed E-state index contributed by atoms with van der Waals surface area (Å²) in [7, 11) is 0. The zero-order valence-electron chi connectivity index (χ0n) is 39.5. The molecule has 9 rings (SSSR count). The van der Waals surface area contributed by atoms with Gasteiger partial charge in [-0.2, -0.15) is 0 Å². The Morgan fingerprint density at radius 3 is 1.18 bits per heavy atom. The molecule has 0 radical (unpaired) electrons. The van der Waals surface area contributed by atoms with Crippen molar-refractivity contribution in [3.63, 3.8) is 0 Å².